The van der Waals surface area contributed by atoms with E-state index < -0.39 is 0 Å². The minimum atomic E-state index is 0. The Hall–Kier alpha value is 1.34. The summed E-state index contributed by atoms with van der Waals surface area (Å²) < 4.78 is 8.42. The quantitative estimate of drug-likeness (QED) is 0.198. The Morgan fingerprint density at radius 1 is 0.619 bits per heavy atom. The summed E-state index contributed by atoms with van der Waals surface area (Å²) in [5, 5.41) is 0. The van der Waals surface area contributed by atoms with Crippen LogP contribution in [0.5, 0.6) is 0 Å². The van der Waals surface area contributed by atoms with Gasteiger partial charge in [-0.25, -0.2) is 0 Å². The summed E-state index contributed by atoms with van der Waals surface area (Å²) in [5.41, 5.74) is 0. The number of rotatable bonds is 6. The second kappa shape index (κ2) is 11.0. The minimum Gasteiger partial charge on any atom is -1.00 e. The van der Waals surface area contributed by atoms with E-state index in [9.17, 15) is 0 Å². The SMILES string of the molecule is C[N+]1(CCOCC[N+]2(C)CCCCC2)CCCCC1.[I-].[I-]. The fraction of sp³-hybridized carbons (Fsp3) is 1.00. The van der Waals surface area contributed by atoms with Gasteiger partial charge in [-0.1, -0.05) is 0 Å². The van der Waals surface area contributed by atoms with Crippen LogP contribution in [-0.2, 0) is 4.74 Å². The first-order valence-electron chi connectivity index (χ1n) is 8.37. The van der Waals surface area contributed by atoms with Crippen LogP contribution in [0.15, 0.2) is 0 Å². The molecule has 0 atom stereocenters. The molecule has 0 radical (unpaired) electrons. The first-order chi connectivity index (χ1) is 9.12. The number of ether oxygens (including phenoxy) is 1. The standard InChI is InChI=1S/C16H34N2O.2HI/c1-17(9-5-3-6-10-17)13-15-19-16-14-18(2)11-7-4-8-12-18;;/h3-16H2,1-2H3;2*1H/q+2;;/p-2. The predicted molar refractivity (Wildman–Crippen MR) is 80.1 cm³/mol. The highest BCUT2D eigenvalue weighted by Gasteiger charge is 2.26. The van der Waals surface area contributed by atoms with Crippen LogP contribution in [0.2, 0.25) is 0 Å². The molecule has 21 heavy (non-hydrogen) atoms. The molecule has 2 fully saturated rings. The Morgan fingerprint density at radius 3 is 1.29 bits per heavy atom. The van der Waals surface area contributed by atoms with Gasteiger partial charge in [0.25, 0.3) is 0 Å². The van der Waals surface area contributed by atoms with E-state index in [4.69, 9.17) is 4.74 Å². The molecule has 128 valence electrons. The summed E-state index contributed by atoms with van der Waals surface area (Å²) in [4.78, 5) is 0. The lowest BCUT2D eigenvalue weighted by molar-refractivity contribution is -0.917. The normalized spacial score (nSPS) is 23.7. The van der Waals surface area contributed by atoms with E-state index in [0.29, 0.717) is 0 Å². The van der Waals surface area contributed by atoms with Crippen molar-refractivity contribution < 1.29 is 61.7 Å². The third-order valence-corrected chi connectivity index (χ3v) is 5.34. The van der Waals surface area contributed by atoms with Gasteiger partial charge in [-0.05, 0) is 38.5 Å². The molecular weight excluding hydrogens is 490 g/mol. The number of likely N-dealkylation sites (N-methyl/N-ethyl adjacent to an activating group) is 2. The Bertz CT molecular complexity index is 239. The molecular formula is C16H34I2N2O. The molecule has 0 N–H and O–H groups in total. The predicted octanol–water partition coefficient (Wildman–Crippen LogP) is -3.73. The maximum absolute atomic E-state index is 5.94. The van der Waals surface area contributed by atoms with Gasteiger partial charge < -0.3 is 61.7 Å². The van der Waals surface area contributed by atoms with E-state index in [2.05, 4.69) is 14.1 Å². The largest absolute Gasteiger partial charge is 1.00 e. The van der Waals surface area contributed by atoms with Crippen molar-refractivity contribution in [2.45, 2.75) is 38.5 Å². The topological polar surface area (TPSA) is 9.23 Å². The van der Waals surface area contributed by atoms with Crippen molar-refractivity contribution in [3.8, 4) is 0 Å². The van der Waals surface area contributed by atoms with Crippen LogP contribution in [0.3, 0.4) is 0 Å². The highest BCUT2D eigenvalue weighted by atomic mass is 127. The molecule has 2 saturated heterocycles. The van der Waals surface area contributed by atoms with Gasteiger partial charge in [0.2, 0.25) is 0 Å². The second-order valence-corrected chi connectivity index (χ2v) is 7.31. The van der Waals surface area contributed by atoms with Crippen LogP contribution in [0.4, 0.5) is 0 Å². The number of quaternary nitrogens is 2. The number of nitrogens with zero attached hydrogens (tertiary/aromatic N) is 2. The lowest BCUT2D eigenvalue weighted by Gasteiger charge is -2.38. The van der Waals surface area contributed by atoms with Crippen molar-refractivity contribution in [1.29, 1.82) is 0 Å². The third-order valence-electron chi connectivity index (χ3n) is 5.34. The summed E-state index contributed by atoms with van der Waals surface area (Å²) in [7, 11) is 4.81. The van der Waals surface area contributed by atoms with Gasteiger partial charge in [0.1, 0.15) is 13.1 Å². The maximum Gasteiger partial charge on any atom is 0.102 e. The molecule has 0 aromatic heterocycles. The van der Waals surface area contributed by atoms with Crippen molar-refractivity contribution in [2.75, 3.05) is 66.6 Å². The van der Waals surface area contributed by atoms with Crippen LogP contribution in [0.1, 0.15) is 38.5 Å². The average Bonchev–Trinajstić information content (AvgIpc) is 2.40. The number of likely N-dealkylation sites (tertiary alicyclic amines) is 2. The minimum absolute atomic E-state index is 0. The molecule has 0 aliphatic carbocycles. The molecule has 5 heteroatoms. The Morgan fingerprint density at radius 2 is 0.952 bits per heavy atom. The van der Waals surface area contributed by atoms with Gasteiger partial charge in [-0.3, -0.25) is 0 Å². The molecule has 0 unspecified atom stereocenters. The number of piperidine rings is 2. The third kappa shape index (κ3) is 8.13. The van der Waals surface area contributed by atoms with E-state index in [1.165, 1.54) is 86.8 Å². The van der Waals surface area contributed by atoms with Crippen LogP contribution < -0.4 is 48.0 Å². The maximum atomic E-state index is 5.94. The van der Waals surface area contributed by atoms with Crippen LogP contribution in [-0.4, -0.2) is 75.5 Å². The van der Waals surface area contributed by atoms with Crippen molar-refractivity contribution in [3.05, 3.63) is 0 Å². The molecule has 0 saturated carbocycles. The molecule has 2 rings (SSSR count). The molecule has 0 bridgehead atoms. The molecule has 2 heterocycles. The fourth-order valence-electron chi connectivity index (χ4n) is 3.67. The second-order valence-electron chi connectivity index (χ2n) is 7.31. The van der Waals surface area contributed by atoms with E-state index in [-0.39, 0.29) is 48.0 Å². The van der Waals surface area contributed by atoms with Gasteiger partial charge in [0, 0.05) is 0 Å². The highest BCUT2D eigenvalue weighted by molar-refractivity contribution is 4.53. The zero-order valence-corrected chi connectivity index (χ0v) is 18.3. The van der Waals surface area contributed by atoms with Gasteiger partial charge in [-0.15, -0.1) is 0 Å². The Balaban J connectivity index is 0.00000200. The summed E-state index contributed by atoms with van der Waals surface area (Å²) in [6, 6.07) is 0. The molecule has 0 amide bonds. The van der Waals surface area contributed by atoms with Crippen molar-refractivity contribution in [2.24, 2.45) is 0 Å². The summed E-state index contributed by atoms with van der Waals surface area (Å²) >= 11 is 0. The number of hydrogen-bond acceptors (Lipinski definition) is 1. The highest BCUT2D eigenvalue weighted by Crippen LogP contribution is 2.17. The van der Waals surface area contributed by atoms with E-state index in [0.717, 1.165) is 13.2 Å². The summed E-state index contributed by atoms with van der Waals surface area (Å²) in [5.74, 6) is 0. The van der Waals surface area contributed by atoms with E-state index >= 15 is 0 Å². The Labute approximate surface area is 166 Å². The average molecular weight is 524 g/mol. The molecule has 0 aromatic carbocycles. The fourth-order valence-corrected chi connectivity index (χ4v) is 3.67. The van der Waals surface area contributed by atoms with Crippen LogP contribution >= 0.6 is 0 Å². The lowest BCUT2D eigenvalue weighted by atomic mass is 10.1. The molecule has 3 nitrogen and oxygen atoms in total. The van der Waals surface area contributed by atoms with Gasteiger partial charge in [-0.2, -0.15) is 0 Å². The first kappa shape index (κ1) is 22.3. The smallest absolute Gasteiger partial charge is 0.102 e. The van der Waals surface area contributed by atoms with Crippen LogP contribution in [0, 0.1) is 0 Å². The van der Waals surface area contributed by atoms with Crippen molar-refractivity contribution in [3.63, 3.8) is 0 Å². The van der Waals surface area contributed by atoms with E-state index in [1.54, 1.807) is 0 Å². The molecule has 2 aliphatic heterocycles. The summed E-state index contributed by atoms with van der Waals surface area (Å²) in [6.07, 6.45) is 8.50. The molecule has 0 aromatic rings. The molecule has 2 aliphatic rings. The number of hydrogen-bond donors (Lipinski definition) is 0. The van der Waals surface area contributed by atoms with Crippen molar-refractivity contribution >= 4 is 0 Å². The van der Waals surface area contributed by atoms with E-state index in [1.807, 2.05) is 0 Å². The first-order valence-corrected chi connectivity index (χ1v) is 8.37. The Kier molecular flexibility index (Phi) is 11.7. The van der Waals surface area contributed by atoms with Gasteiger partial charge in [0.15, 0.2) is 0 Å². The van der Waals surface area contributed by atoms with Crippen molar-refractivity contribution in [1.82, 2.24) is 0 Å². The van der Waals surface area contributed by atoms with Gasteiger partial charge in [0.05, 0.1) is 53.5 Å². The lowest BCUT2D eigenvalue weighted by Crippen LogP contribution is -3.00. The summed E-state index contributed by atoms with van der Waals surface area (Å²) in [6.45, 7) is 9.77. The zero-order valence-electron chi connectivity index (χ0n) is 14.0. The monoisotopic (exact) mass is 524 g/mol. The zero-order chi connectivity index (χ0) is 13.6. The van der Waals surface area contributed by atoms with Gasteiger partial charge >= 0.3 is 0 Å². The van der Waals surface area contributed by atoms with Crippen LogP contribution in [0.25, 0.3) is 0 Å². The molecule has 0 spiro atoms. The number of halogens is 2.